The molecule has 3 heterocycles. The van der Waals surface area contributed by atoms with Crippen molar-refractivity contribution < 1.29 is 4.79 Å². The van der Waals surface area contributed by atoms with Gasteiger partial charge in [-0.15, -0.1) is 0 Å². The molecule has 1 aromatic heterocycles. The number of carbonyl (C=O) groups is 1. The number of hydrogen-bond acceptors (Lipinski definition) is 4. The standard InChI is InChI=1S/C17H26N4O2/c1-12(2)15-9-13(10-16(22)19-15)17(23)21-6-3-14(11-21)20-7-4-18-5-8-20/h9-10,12,14,18H,3-8,11H2,1-2H3,(H,19,22). The molecule has 2 N–H and O–H groups in total. The number of nitrogens with one attached hydrogen (secondary N) is 2. The zero-order valence-electron chi connectivity index (χ0n) is 14.0. The number of amides is 1. The second-order valence-corrected chi connectivity index (χ2v) is 6.82. The van der Waals surface area contributed by atoms with Gasteiger partial charge in [-0.3, -0.25) is 14.5 Å². The van der Waals surface area contributed by atoms with Gasteiger partial charge in [0.15, 0.2) is 0 Å². The highest BCUT2D eigenvalue weighted by Crippen LogP contribution is 2.19. The third-order valence-electron chi connectivity index (χ3n) is 4.85. The summed E-state index contributed by atoms with van der Waals surface area (Å²) in [6, 6.07) is 3.70. The molecule has 0 bridgehead atoms. The van der Waals surface area contributed by atoms with Crippen LogP contribution in [0.3, 0.4) is 0 Å². The van der Waals surface area contributed by atoms with E-state index in [2.05, 4.69) is 15.2 Å². The lowest BCUT2D eigenvalue weighted by molar-refractivity contribution is 0.0773. The minimum atomic E-state index is -0.197. The van der Waals surface area contributed by atoms with Gasteiger partial charge in [-0.1, -0.05) is 13.8 Å². The summed E-state index contributed by atoms with van der Waals surface area (Å²) >= 11 is 0. The van der Waals surface area contributed by atoms with Crippen LogP contribution in [0.25, 0.3) is 0 Å². The van der Waals surface area contributed by atoms with Gasteiger partial charge >= 0.3 is 0 Å². The van der Waals surface area contributed by atoms with Gasteiger partial charge < -0.3 is 15.2 Å². The smallest absolute Gasteiger partial charge is 0.254 e. The number of likely N-dealkylation sites (tertiary alicyclic amines) is 1. The lowest BCUT2D eigenvalue weighted by Crippen LogP contribution is -2.49. The molecule has 1 unspecified atom stereocenters. The van der Waals surface area contributed by atoms with Crippen LogP contribution in [0.15, 0.2) is 16.9 Å². The summed E-state index contributed by atoms with van der Waals surface area (Å²) in [5, 5.41) is 3.36. The summed E-state index contributed by atoms with van der Waals surface area (Å²) in [6.07, 6.45) is 1.02. The van der Waals surface area contributed by atoms with Crippen molar-refractivity contribution in [1.29, 1.82) is 0 Å². The highest BCUT2D eigenvalue weighted by atomic mass is 16.2. The minimum absolute atomic E-state index is 0.0179. The topological polar surface area (TPSA) is 68.4 Å². The average Bonchev–Trinajstić information content (AvgIpc) is 3.04. The van der Waals surface area contributed by atoms with Crippen LogP contribution in [-0.2, 0) is 0 Å². The van der Waals surface area contributed by atoms with Crippen molar-refractivity contribution in [3.05, 3.63) is 33.7 Å². The summed E-state index contributed by atoms with van der Waals surface area (Å²) < 4.78 is 0. The molecule has 2 aliphatic heterocycles. The summed E-state index contributed by atoms with van der Waals surface area (Å²) in [4.78, 5) is 31.7. The Kier molecular flexibility index (Phi) is 4.82. The Balaban J connectivity index is 1.70. The van der Waals surface area contributed by atoms with Crippen molar-refractivity contribution in [1.82, 2.24) is 20.1 Å². The van der Waals surface area contributed by atoms with Crippen LogP contribution in [0.2, 0.25) is 0 Å². The van der Waals surface area contributed by atoms with Crippen molar-refractivity contribution in [3.8, 4) is 0 Å². The summed E-state index contributed by atoms with van der Waals surface area (Å²) in [7, 11) is 0. The van der Waals surface area contributed by atoms with Crippen LogP contribution in [0.5, 0.6) is 0 Å². The predicted molar refractivity (Wildman–Crippen MR) is 89.9 cm³/mol. The van der Waals surface area contributed by atoms with Gasteiger partial charge in [0.05, 0.1) is 0 Å². The fraction of sp³-hybridized carbons (Fsp3) is 0.647. The lowest BCUT2D eigenvalue weighted by Gasteiger charge is -2.32. The molecule has 6 heteroatoms. The van der Waals surface area contributed by atoms with Crippen molar-refractivity contribution in [2.75, 3.05) is 39.3 Å². The Morgan fingerprint density at radius 3 is 2.65 bits per heavy atom. The van der Waals surface area contributed by atoms with Crippen LogP contribution in [0.1, 0.15) is 42.2 Å². The molecule has 0 spiro atoms. The normalized spacial score (nSPS) is 22.7. The molecular weight excluding hydrogens is 292 g/mol. The quantitative estimate of drug-likeness (QED) is 0.857. The van der Waals surface area contributed by atoms with Gasteiger partial charge in [-0.05, 0) is 18.4 Å². The minimum Gasteiger partial charge on any atom is -0.337 e. The Labute approximate surface area is 136 Å². The maximum absolute atomic E-state index is 12.7. The molecule has 0 aromatic carbocycles. The van der Waals surface area contributed by atoms with Crippen molar-refractivity contribution >= 4 is 5.91 Å². The van der Waals surface area contributed by atoms with E-state index in [9.17, 15) is 9.59 Å². The van der Waals surface area contributed by atoms with Gasteiger partial charge in [-0.2, -0.15) is 0 Å². The first-order valence-corrected chi connectivity index (χ1v) is 8.53. The fourth-order valence-electron chi connectivity index (χ4n) is 3.45. The molecule has 1 amide bonds. The molecule has 0 saturated carbocycles. The fourth-order valence-corrected chi connectivity index (χ4v) is 3.45. The van der Waals surface area contributed by atoms with E-state index >= 15 is 0 Å². The van der Waals surface area contributed by atoms with Gasteiger partial charge in [-0.25, -0.2) is 0 Å². The summed E-state index contributed by atoms with van der Waals surface area (Å²) in [6.45, 7) is 9.71. The summed E-state index contributed by atoms with van der Waals surface area (Å²) in [5.74, 6) is 0.179. The number of aromatic amines is 1. The molecule has 0 radical (unpaired) electrons. The van der Waals surface area contributed by atoms with Crippen molar-refractivity contribution in [2.45, 2.75) is 32.2 Å². The molecule has 2 fully saturated rings. The third-order valence-corrected chi connectivity index (χ3v) is 4.85. The monoisotopic (exact) mass is 318 g/mol. The van der Waals surface area contributed by atoms with E-state index in [1.807, 2.05) is 24.8 Å². The number of H-pyrrole nitrogens is 1. The first-order chi connectivity index (χ1) is 11.0. The average molecular weight is 318 g/mol. The number of rotatable bonds is 3. The van der Waals surface area contributed by atoms with E-state index in [-0.39, 0.29) is 17.4 Å². The van der Waals surface area contributed by atoms with Crippen molar-refractivity contribution in [2.24, 2.45) is 0 Å². The van der Waals surface area contributed by atoms with E-state index in [1.165, 1.54) is 6.07 Å². The first kappa shape index (κ1) is 16.2. The molecule has 6 nitrogen and oxygen atoms in total. The van der Waals surface area contributed by atoms with E-state index in [1.54, 1.807) is 0 Å². The maximum atomic E-state index is 12.7. The SMILES string of the molecule is CC(C)c1cc(C(=O)N2CCC(N3CCNCC3)C2)cc(=O)[nH]1. The molecule has 2 aliphatic rings. The highest BCUT2D eigenvalue weighted by Gasteiger charge is 2.31. The number of aromatic nitrogens is 1. The van der Waals surface area contributed by atoms with Gasteiger partial charge in [0.1, 0.15) is 0 Å². The largest absolute Gasteiger partial charge is 0.337 e. The molecule has 1 atom stereocenters. The molecule has 1 aromatic rings. The lowest BCUT2D eigenvalue weighted by atomic mass is 10.1. The van der Waals surface area contributed by atoms with E-state index in [0.29, 0.717) is 11.6 Å². The molecule has 3 rings (SSSR count). The van der Waals surface area contributed by atoms with E-state index in [4.69, 9.17) is 0 Å². The van der Waals surface area contributed by atoms with Crippen LogP contribution in [-0.4, -0.2) is 66.0 Å². The third kappa shape index (κ3) is 3.64. The van der Waals surface area contributed by atoms with Crippen molar-refractivity contribution in [3.63, 3.8) is 0 Å². The highest BCUT2D eigenvalue weighted by molar-refractivity contribution is 5.94. The predicted octanol–water partition coefficient (Wildman–Crippen LogP) is 0.618. The first-order valence-electron chi connectivity index (χ1n) is 8.53. The second kappa shape index (κ2) is 6.84. The molecule has 0 aliphatic carbocycles. The van der Waals surface area contributed by atoms with E-state index < -0.39 is 0 Å². The number of carbonyl (C=O) groups excluding carboxylic acids is 1. The van der Waals surface area contributed by atoms with Gasteiger partial charge in [0, 0.05) is 62.6 Å². The maximum Gasteiger partial charge on any atom is 0.254 e. The molecule has 2 saturated heterocycles. The molecular formula is C17H26N4O2. The van der Waals surface area contributed by atoms with Crippen LogP contribution in [0.4, 0.5) is 0 Å². The Hall–Kier alpha value is -1.66. The molecule has 23 heavy (non-hydrogen) atoms. The van der Waals surface area contributed by atoms with Gasteiger partial charge in [0.2, 0.25) is 5.56 Å². The molecule has 126 valence electrons. The number of hydrogen-bond donors (Lipinski definition) is 2. The van der Waals surface area contributed by atoms with Gasteiger partial charge in [0.25, 0.3) is 5.91 Å². The Bertz CT molecular complexity index is 619. The van der Waals surface area contributed by atoms with Crippen LogP contribution < -0.4 is 10.9 Å². The number of pyridine rings is 1. The van der Waals surface area contributed by atoms with E-state index in [0.717, 1.165) is 51.4 Å². The number of piperazine rings is 1. The Morgan fingerprint density at radius 1 is 1.22 bits per heavy atom. The Morgan fingerprint density at radius 2 is 1.96 bits per heavy atom. The number of nitrogens with zero attached hydrogens (tertiary/aromatic N) is 2. The zero-order valence-corrected chi connectivity index (χ0v) is 14.0. The van der Waals surface area contributed by atoms with Crippen LogP contribution >= 0.6 is 0 Å². The zero-order chi connectivity index (χ0) is 16.4. The second-order valence-electron chi connectivity index (χ2n) is 6.82. The summed E-state index contributed by atoms with van der Waals surface area (Å²) in [5.41, 5.74) is 1.13. The van der Waals surface area contributed by atoms with Crippen LogP contribution in [0, 0.1) is 0 Å².